The quantitative estimate of drug-likeness (QED) is 0.854. The lowest BCUT2D eigenvalue weighted by molar-refractivity contribution is -0.0284. The molecule has 1 saturated heterocycles. The lowest BCUT2D eigenvalue weighted by atomic mass is 10.2. The summed E-state index contributed by atoms with van der Waals surface area (Å²) in [5, 5.41) is 1.93. The number of hydrogen-bond donors (Lipinski definition) is 0. The highest BCUT2D eigenvalue weighted by molar-refractivity contribution is 7.12. The van der Waals surface area contributed by atoms with E-state index in [2.05, 4.69) is 4.98 Å². The lowest BCUT2D eigenvalue weighted by Crippen LogP contribution is -2.46. The van der Waals surface area contributed by atoms with Crippen molar-refractivity contribution in [2.24, 2.45) is 0 Å². The first kappa shape index (κ1) is 12.4. The van der Waals surface area contributed by atoms with Crippen LogP contribution in [0.3, 0.4) is 0 Å². The van der Waals surface area contributed by atoms with E-state index in [-0.39, 0.29) is 12.0 Å². The van der Waals surface area contributed by atoms with Gasteiger partial charge in [0.25, 0.3) is 5.91 Å². The molecule has 1 atom stereocenters. The second-order valence-corrected chi connectivity index (χ2v) is 5.43. The molecule has 0 aliphatic carbocycles. The highest BCUT2D eigenvalue weighted by Gasteiger charge is 2.25. The maximum absolute atomic E-state index is 12.3. The first-order chi connectivity index (χ1) is 9.33. The molecule has 0 aromatic carbocycles. The van der Waals surface area contributed by atoms with Crippen molar-refractivity contribution in [2.45, 2.75) is 12.6 Å². The molecule has 1 aliphatic rings. The highest BCUT2D eigenvalue weighted by Crippen LogP contribution is 2.15. The molecular formula is C13H15N3O2S. The van der Waals surface area contributed by atoms with E-state index in [0.717, 1.165) is 11.4 Å². The van der Waals surface area contributed by atoms with Crippen molar-refractivity contribution < 1.29 is 9.53 Å². The van der Waals surface area contributed by atoms with Crippen molar-refractivity contribution >= 4 is 17.2 Å². The highest BCUT2D eigenvalue weighted by atomic mass is 32.1. The fourth-order valence-corrected chi connectivity index (χ4v) is 2.89. The number of imidazole rings is 1. The number of thiophene rings is 1. The van der Waals surface area contributed by atoms with E-state index in [9.17, 15) is 4.79 Å². The van der Waals surface area contributed by atoms with Crippen molar-refractivity contribution in [1.29, 1.82) is 0 Å². The Morgan fingerprint density at radius 3 is 3.26 bits per heavy atom. The van der Waals surface area contributed by atoms with Crippen molar-refractivity contribution in [1.82, 2.24) is 14.5 Å². The van der Waals surface area contributed by atoms with Crippen molar-refractivity contribution in [3.05, 3.63) is 41.1 Å². The number of carbonyl (C=O) groups excluding carboxylic acids is 1. The predicted octanol–water partition coefficient (Wildman–Crippen LogP) is 1.49. The number of amides is 1. The first-order valence-corrected chi connectivity index (χ1v) is 7.11. The Labute approximate surface area is 115 Å². The van der Waals surface area contributed by atoms with Crippen molar-refractivity contribution in [2.75, 3.05) is 19.7 Å². The number of rotatable bonds is 3. The summed E-state index contributed by atoms with van der Waals surface area (Å²) in [5.41, 5.74) is 0. The average molecular weight is 277 g/mol. The van der Waals surface area contributed by atoms with E-state index in [4.69, 9.17) is 4.74 Å². The Bertz CT molecular complexity index is 524. The van der Waals surface area contributed by atoms with Gasteiger partial charge in [-0.05, 0) is 11.4 Å². The number of nitrogens with zero attached hydrogens (tertiary/aromatic N) is 3. The zero-order valence-corrected chi connectivity index (χ0v) is 11.3. The van der Waals surface area contributed by atoms with Crippen LogP contribution in [-0.2, 0) is 11.3 Å². The molecule has 1 fully saturated rings. The number of morpholine rings is 1. The van der Waals surface area contributed by atoms with Crippen LogP contribution < -0.4 is 0 Å². The lowest BCUT2D eigenvalue weighted by Gasteiger charge is -2.32. The van der Waals surface area contributed by atoms with Crippen LogP contribution >= 0.6 is 11.3 Å². The number of ether oxygens (including phenoxy) is 1. The monoisotopic (exact) mass is 277 g/mol. The summed E-state index contributed by atoms with van der Waals surface area (Å²) in [4.78, 5) is 18.9. The molecule has 3 rings (SSSR count). The molecule has 0 radical (unpaired) electrons. The van der Waals surface area contributed by atoms with E-state index < -0.39 is 0 Å². The number of carbonyl (C=O) groups is 1. The van der Waals surface area contributed by atoms with E-state index in [1.807, 2.05) is 33.2 Å². The summed E-state index contributed by atoms with van der Waals surface area (Å²) in [6, 6.07) is 3.77. The summed E-state index contributed by atoms with van der Waals surface area (Å²) in [6.45, 7) is 2.62. The van der Waals surface area contributed by atoms with Crippen LogP contribution in [0.5, 0.6) is 0 Å². The third kappa shape index (κ3) is 2.85. The third-order valence-corrected chi connectivity index (χ3v) is 3.99. The Morgan fingerprint density at radius 2 is 2.53 bits per heavy atom. The van der Waals surface area contributed by atoms with Gasteiger partial charge in [-0.3, -0.25) is 4.79 Å². The predicted molar refractivity (Wildman–Crippen MR) is 72.2 cm³/mol. The molecule has 19 heavy (non-hydrogen) atoms. The molecule has 0 saturated carbocycles. The molecule has 2 aromatic heterocycles. The number of aromatic nitrogens is 2. The van der Waals surface area contributed by atoms with Gasteiger partial charge in [0.1, 0.15) is 0 Å². The Morgan fingerprint density at radius 1 is 1.58 bits per heavy atom. The summed E-state index contributed by atoms with van der Waals surface area (Å²) in [7, 11) is 0. The fraction of sp³-hybridized carbons (Fsp3) is 0.385. The van der Waals surface area contributed by atoms with Gasteiger partial charge in [-0.25, -0.2) is 4.98 Å². The van der Waals surface area contributed by atoms with Gasteiger partial charge in [0.05, 0.1) is 30.5 Å². The summed E-state index contributed by atoms with van der Waals surface area (Å²) in [5.74, 6) is 0.105. The first-order valence-electron chi connectivity index (χ1n) is 6.23. The van der Waals surface area contributed by atoms with Crippen LogP contribution in [0.25, 0.3) is 0 Å². The van der Waals surface area contributed by atoms with E-state index >= 15 is 0 Å². The van der Waals surface area contributed by atoms with Gasteiger partial charge in [0, 0.05) is 25.5 Å². The molecule has 2 aromatic rings. The second kappa shape index (κ2) is 5.54. The maximum Gasteiger partial charge on any atom is 0.264 e. The standard InChI is InChI=1S/C13H15N3O2S/c17-13(12-2-1-7-19-12)16-5-6-18-11(9-16)8-15-4-3-14-10-15/h1-4,7,10-11H,5-6,8-9H2/t11-/m0/s1. The van der Waals surface area contributed by atoms with Crippen LogP contribution in [0.15, 0.2) is 36.2 Å². The second-order valence-electron chi connectivity index (χ2n) is 4.48. The Hall–Kier alpha value is -1.66. The van der Waals surface area contributed by atoms with Crippen molar-refractivity contribution in [3.8, 4) is 0 Å². The topological polar surface area (TPSA) is 47.4 Å². The fourth-order valence-electron chi connectivity index (χ4n) is 2.20. The summed E-state index contributed by atoms with van der Waals surface area (Å²) in [6.07, 6.45) is 5.45. The Balaban J connectivity index is 1.63. The molecule has 3 heterocycles. The van der Waals surface area contributed by atoms with E-state index in [1.165, 1.54) is 11.3 Å². The van der Waals surface area contributed by atoms with Gasteiger partial charge in [-0.15, -0.1) is 11.3 Å². The molecule has 1 aliphatic heterocycles. The SMILES string of the molecule is O=C(c1cccs1)N1CCO[C@@H](Cn2ccnc2)C1. The molecule has 6 heteroatoms. The van der Waals surface area contributed by atoms with Crippen molar-refractivity contribution in [3.63, 3.8) is 0 Å². The van der Waals surface area contributed by atoms with Crippen LogP contribution in [0, 0.1) is 0 Å². The molecule has 1 amide bonds. The largest absolute Gasteiger partial charge is 0.373 e. The molecule has 5 nitrogen and oxygen atoms in total. The summed E-state index contributed by atoms with van der Waals surface area (Å²) >= 11 is 1.48. The van der Waals surface area contributed by atoms with E-state index in [1.54, 1.807) is 12.5 Å². The average Bonchev–Trinajstić information content (AvgIpc) is 3.11. The van der Waals surface area contributed by atoms with E-state index in [0.29, 0.717) is 19.7 Å². The van der Waals surface area contributed by atoms with Crippen LogP contribution in [0.4, 0.5) is 0 Å². The minimum Gasteiger partial charge on any atom is -0.373 e. The molecule has 0 bridgehead atoms. The normalized spacial score (nSPS) is 19.6. The maximum atomic E-state index is 12.3. The van der Waals surface area contributed by atoms with Gasteiger partial charge in [-0.2, -0.15) is 0 Å². The van der Waals surface area contributed by atoms with Crippen LogP contribution in [-0.4, -0.2) is 46.2 Å². The number of hydrogen-bond acceptors (Lipinski definition) is 4. The van der Waals surface area contributed by atoms with Gasteiger partial charge >= 0.3 is 0 Å². The molecule has 0 spiro atoms. The van der Waals surface area contributed by atoms with Gasteiger partial charge in [0.2, 0.25) is 0 Å². The smallest absolute Gasteiger partial charge is 0.264 e. The molecule has 100 valence electrons. The zero-order valence-electron chi connectivity index (χ0n) is 10.4. The molecule has 0 N–H and O–H groups in total. The van der Waals surface area contributed by atoms with Crippen LogP contribution in [0.2, 0.25) is 0 Å². The molecule has 0 unspecified atom stereocenters. The van der Waals surface area contributed by atoms with Crippen LogP contribution in [0.1, 0.15) is 9.67 Å². The van der Waals surface area contributed by atoms with Gasteiger partial charge in [-0.1, -0.05) is 6.07 Å². The third-order valence-electron chi connectivity index (χ3n) is 3.13. The molecular weight excluding hydrogens is 262 g/mol. The zero-order chi connectivity index (χ0) is 13.1. The summed E-state index contributed by atoms with van der Waals surface area (Å²) < 4.78 is 7.69. The minimum atomic E-state index is 0.0341. The van der Waals surface area contributed by atoms with Gasteiger partial charge < -0.3 is 14.2 Å². The Kier molecular flexibility index (Phi) is 3.61. The minimum absolute atomic E-state index is 0.0341. The van der Waals surface area contributed by atoms with Gasteiger partial charge in [0.15, 0.2) is 0 Å².